The number of hydrogen-bond acceptors (Lipinski definition) is 2. The summed E-state index contributed by atoms with van der Waals surface area (Å²) >= 11 is 0. The molecule has 2 nitrogen and oxygen atoms in total. The van der Waals surface area contributed by atoms with Gasteiger partial charge < -0.3 is 10.5 Å². The number of ether oxygens (including phenoxy) is 1. The molecule has 1 atom stereocenters. The lowest BCUT2D eigenvalue weighted by Gasteiger charge is -2.20. The highest BCUT2D eigenvalue weighted by Crippen LogP contribution is 2.23. The van der Waals surface area contributed by atoms with Crippen LogP contribution < -0.4 is 5.73 Å². The maximum absolute atomic E-state index is 6.19. The monoisotopic (exact) mass is 283 g/mol. The van der Waals surface area contributed by atoms with E-state index in [0.29, 0.717) is 13.2 Å². The summed E-state index contributed by atoms with van der Waals surface area (Å²) in [5.41, 5.74) is 9.98. The van der Waals surface area contributed by atoms with E-state index in [-0.39, 0.29) is 11.5 Å². The van der Waals surface area contributed by atoms with Crippen LogP contribution in [0, 0.1) is 0 Å². The summed E-state index contributed by atoms with van der Waals surface area (Å²) in [5, 5.41) is 0. The lowest BCUT2D eigenvalue weighted by molar-refractivity contribution is 0.108. The van der Waals surface area contributed by atoms with Gasteiger partial charge in [-0.05, 0) is 22.1 Å². The van der Waals surface area contributed by atoms with Crippen LogP contribution in [0.15, 0.2) is 54.6 Å². The molecule has 0 aliphatic rings. The van der Waals surface area contributed by atoms with Crippen LogP contribution in [0.1, 0.15) is 43.5 Å². The van der Waals surface area contributed by atoms with Crippen molar-refractivity contribution in [1.82, 2.24) is 0 Å². The molecule has 1 unspecified atom stereocenters. The molecule has 2 rings (SSSR count). The van der Waals surface area contributed by atoms with Gasteiger partial charge in [0.05, 0.1) is 19.3 Å². The molecule has 0 heterocycles. The molecular formula is C19H25NO. The second-order valence-corrected chi connectivity index (χ2v) is 6.48. The number of hydrogen-bond donors (Lipinski definition) is 1. The first-order valence-corrected chi connectivity index (χ1v) is 7.44. The average molecular weight is 283 g/mol. The lowest BCUT2D eigenvalue weighted by Crippen LogP contribution is -2.18. The minimum absolute atomic E-state index is 0.0808. The van der Waals surface area contributed by atoms with E-state index in [0.717, 1.165) is 5.56 Å². The Balaban J connectivity index is 1.87. The summed E-state index contributed by atoms with van der Waals surface area (Å²) in [7, 11) is 0. The molecular weight excluding hydrogens is 258 g/mol. The van der Waals surface area contributed by atoms with Crippen LogP contribution in [0.4, 0.5) is 0 Å². The van der Waals surface area contributed by atoms with Crippen molar-refractivity contribution in [2.45, 2.75) is 38.8 Å². The van der Waals surface area contributed by atoms with Crippen LogP contribution in [-0.4, -0.2) is 6.61 Å². The Morgan fingerprint density at radius 1 is 0.952 bits per heavy atom. The zero-order valence-electron chi connectivity index (χ0n) is 13.2. The minimum atomic E-state index is -0.0808. The van der Waals surface area contributed by atoms with Gasteiger partial charge in [0.15, 0.2) is 0 Å². The van der Waals surface area contributed by atoms with E-state index >= 15 is 0 Å². The van der Waals surface area contributed by atoms with Crippen LogP contribution in [0.3, 0.4) is 0 Å². The van der Waals surface area contributed by atoms with E-state index in [9.17, 15) is 0 Å². The first kappa shape index (κ1) is 15.7. The minimum Gasteiger partial charge on any atom is -0.375 e. The molecule has 21 heavy (non-hydrogen) atoms. The average Bonchev–Trinajstić information content (AvgIpc) is 2.47. The van der Waals surface area contributed by atoms with E-state index in [1.807, 2.05) is 18.2 Å². The first-order valence-electron chi connectivity index (χ1n) is 7.44. The van der Waals surface area contributed by atoms with Gasteiger partial charge >= 0.3 is 0 Å². The van der Waals surface area contributed by atoms with Gasteiger partial charge in [0.25, 0.3) is 0 Å². The maximum atomic E-state index is 6.19. The molecule has 0 spiro atoms. The smallest absolute Gasteiger partial charge is 0.0717 e. The second-order valence-electron chi connectivity index (χ2n) is 6.48. The molecule has 0 amide bonds. The highest BCUT2D eigenvalue weighted by Gasteiger charge is 2.14. The quantitative estimate of drug-likeness (QED) is 0.892. The number of benzene rings is 2. The van der Waals surface area contributed by atoms with Gasteiger partial charge in [-0.15, -0.1) is 0 Å². The third-order valence-corrected chi connectivity index (χ3v) is 3.61. The SMILES string of the molecule is CC(C)(C)c1ccc(C(N)COCc2ccccc2)cc1. The van der Waals surface area contributed by atoms with Gasteiger partial charge in [-0.1, -0.05) is 75.4 Å². The predicted octanol–water partition coefficient (Wildman–Crippen LogP) is 4.20. The Morgan fingerprint density at radius 3 is 2.14 bits per heavy atom. The van der Waals surface area contributed by atoms with Gasteiger partial charge in [0.1, 0.15) is 0 Å². The summed E-state index contributed by atoms with van der Waals surface area (Å²) in [6, 6.07) is 18.6. The van der Waals surface area contributed by atoms with Gasteiger partial charge in [0, 0.05) is 0 Å². The molecule has 0 saturated carbocycles. The normalized spacial score (nSPS) is 13.1. The molecule has 0 saturated heterocycles. The van der Waals surface area contributed by atoms with E-state index in [4.69, 9.17) is 10.5 Å². The third-order valence-electron chi connectivity index (χ3n) is 3.61. The van der Waals surface area contributed by atoms with Crippen molar-refractivity contribution in [3.05, 3.63) is 71.3 Å². The Morgan fingerprint density at radius 2 is 1.57 bits per heavy atom. The second kappa shape index (κ2) is 6.88. The highest BCUT2D eigenvalue weighted by atomic mass is 16.5. The van der Waals surface area contributed by atoms with Crippen molar-refractivity contribution in [1.29, 1.82) is 0 Å². The summed E-state index contributed by atoms with van der Waals surface area (Å²) in [6.07, 6.45) is 0. The van der Waals surface area contributed by atoms with E-state index in [1.165, 1.54) is 11.1 Å². The standard InChI is InChI=1S/C19H25NO/c1-19(2,3)17-11-9-16(10-12-17)18(20)14-21-13-15-7-5-4-6-8-15/h4-12,18H,13-14,20H2,1-3H3. The lowest BCUT2D eigenvalue weighted by atomic mass is 9.86. The molecule has 2 heteroatoms. The van der Waals surface area contributed by atoms with Crippen LogP contribution >= 0.6 is 0 Å². The fraction of sp³-hybridized carbons (Fsp3) is 0.368. The van der Waals surface area contributed by atoms with Crippen molar-refractivity contribution in [3.63, 3.8) is 0 Å². The van der Waals surface area contributed by atoms with Crippen LogP contribution in [0.2, 0.25) is 0 Å². The molecule has 0 aliphatic heterocycles. The number of rotatable bonds is 5. The fourth-order valence-corrected chi connectivity index (χ4v) is 2.20. The molecule has 0 aromatic heterocycles. The van der Waals surface area contributed by atoms with Crippen LogP contribution in [-0.2, 0) is 16.8 Å². The van der Waals surface area contributed by atoms with Crippen molar-refractivity contribution >= 4 is 0 Å². The molecule has 0 fully saturated rings. The summed E-state index contributed by atoms with van der Waals surface area (Å²) in [4.78, 5) is 0. The number of nitrogens with two attached hydrogens (primary N) is 1. The Bertz CT molecular complexity index is 540. The Hall–Kier alpha value is -1.64. The van der Waals surface area contributed by atoms with Crippen LogP contribution in [0.5, 0.6) is 0 Å². The van der Waals surface area contributed by atoms with Gasteiger partial charge in [-0.3, -0.25) is 0 Å². The van der Waals surface area contributed by atoms with Crippen molar-refractivity contribution in [3.8, 4) is 0 Å². The van der Waals surface area contributed by atoms with Crippen LogP contribution in [0.25, 0.3) is 0 Å². The fourth-order valence-electron chi connectivity index (χ4n) is 2.20. The first-order chi connectivity index (χ1) is 9.97. The third kappa shape index (κ3) is 4.69. The molecule has 2 aromatic carbocycles. The Labute approximate surface area is 127 Å². The van der Waals surface area contributed by atoms with Gasteiger partial charge in [0.2, 0.25) is 0 Å². The van der Waals surface area contributed by atoms with Gasteiger partial charge in [-0.25, -0.2) is 0 Å². The molecule has 2 aromatic rings. The molecule has 112 valence electrons. The summed E-state index contributed by atoms with van der Waals surface area (Å²) in [6.45, 7) is 7.78. The largest absolute Gasteiger partial charge is 0.375 e. The molecule has 0 aliphatic carbocycles. The topological polar surface area (TPSA) is 35.2 Å². The van der Waals surface area contributed by atoms with Crippen molar-refractivity contribution in [2.24, 2.45) is 5.73 Å². The Kier molecular flexibility index (Phi) is 5.16. The van der Waals surface area contributed by atoms with Gasteiger partial charge in [-0.2, -0.15) is 0 Å². The van der Waals surface area contributed by atoms with E-state index in [1.54, 1.807) is 0 Å². The van der Waals surface area contributed by atoms with Crippen molar-refractivity contribution < 1.29 is 4.74 Å². The predicted molar refractivity (Wildman–Crippen MR) is 88.2 cm³/mol. The summed E-state index contributed by atoms with van der Waals surface area (Å²) in [5.74, 6) is 0. The maximum Gasteiger partial charge on any atom is 0.0717 e. The van der Waals surface area contributed by atoms with Crippen molar-refractivity contribution in [2.75, 3.05) is 6.61 Å². The summed E-state index contributed by atoms with van der Waals surface area (Å²) < 4.78 is 5.71. The highest BCUT2D eigenvalue weighted by molar-refractivity contribution is 5.29. The molecule has 0 bridgehead atoms. The van der Waals surface area contributed by atoms with E-state index < -0.39 is 0 Å². The van der Waals surface area contributed by atoms with E-state index in [2.05, 4.69) is 57.2 Å². The zero-order chi connectivity index (χ0) is 15.3. The molecule has 2 N–H and O–H groups in total. The zero-order valence-corrected chi connectivity index (χ0v) is 13.2. The molecule has 0 radical (unpaired) electrons.